The Morgan fingerprint density at radius 2 is 2.00 bits per heavy atom. The van der Waals surface area contributed by atoms with Gasteiger partial charge in [-0.3, -0.25) is 9.36 Å². The molecule has 0 bridgehead atoms. The van der Waals surface area contributed by atoms with Gasteiger partial charge in [0.2, 0.25) is 0 Å². The molecule has 3 aromatic rings. The number of allylic oxidation sites excluding steroid dienone is 1. The predicted molar refractivity (Wildman–Crippen MR) is 116 cm³/mol. The maximum absolute atomic E-state index is 13.3. The molecule has 1 aromatic carbocycles. The van der Waals surface area contributed by atoms with Crippen LogP contribution in [0.15, 0.2) is 62.8 Å². The minimum absolute atomic E-state index is 0.151. The van der Waals surface area contributed by atoms with Crippen molar-refractivity contribution in [3.05, 3.63) is 88.7 Å². The molecular weight excluding hydrogens is 404 g/mol. The zero-order valence-electron chi connectivity index (χ0n) is 16.3. The fourth-order valence-corrected chi connectivity index (χ4v) is 5.19. The highest BCUT2D eigenvalue weighted by Crippen LogP contribution is 2.33. The zero-order valence-corrected chi connectivity index (χ0v) is 18.0. The highest BCUT2D eigenvalue weighted by Gasteiger charge is 2.33. The minimum Gasteiger partial charge on any atom is -0.463 e. The lowest BCUT2D eigenvalue weighted by molar-refractivity contribution is -0.139. The van der Waals surface area contributed by atoms with Crippen LogP contribution in [0.5, 0.6) is 0 Å². The number of carbonyl (C=O) groups excluding carboxylic acids is 1. The van der Waals surface area contributed by atoms with Gasteiger partial charge in [-0.25, -0.2) is 9.79 Å². The first-order valence-electron chi connectivity index (χ1n) is 9.29. The lowest BCUT2D eigenvalue weighted by Crippen LogP contribution is -2.39. The third-order valence-corrected chi connectivity index (χ3v) is 6.61. The monoisotopic (exact) mass is 424 g/mol. The zero-order chi connectivity index (χ0) is 20.5. The number of nitrogens with zero attached hydrogens (tertiary/aromatic N) is 2. The second-order valence-electron chi connectivity index (χ2n) is 6.73. The van der Waals surface area contributed by atoms with Gasteiger partial charge < -0.3 is 4.74 Å². The molecule has 29 heavy (non-hydrogen) atoms. The molecule has 148 valence electrons. The van der Waals surface area contributed by atoms with E-state index in [1.54, 1.807) is 18.4 Å². The molecular formula is C22H20N2O3S2. The smallest absolute Gasteiger partial charge is 0.338 e. The van der Waals surface area contributed by atoms with Gasteiger partial charge in [-0.15, -0.1) is 11.3 Å². The fraction of sp³-hybridized carbons (Fsp3) is 0.227. The van der Waals surface area contributed by atoms with E-state index >= 15 is 0 Å². The predicted octanol–water partition coefficient (Wildman–Crippen LogP) is 3.17. The third-order valence-electron chi connectivity index (χ3n) is 4.70. The van der Waals surface area contributed by atoms with Crippen molar-refractivity contribution in [2.45, 2.75) is 26.8 Å². The fourth-order valence-electron chi connectivity index (χ4n) is 3.32. The van der Waals surface area contributed by atoms with Gasteiger partial charge in [0.1, 0.15) is 6.04 Å². The largest absolute Gasteiger partial charge is 0.463 e. The van der Waals surface area contributed by atoms with Crippen LogP contribution < -0.4 is 14.9 Å². The molecule has 2 aromatic heterocycles. The highest BCUT2D eigenvalue weighted by atomic mass is 32.1. The first-order chi connectivity index (χ1) is 14.0. The van der Waals surface area contributed by atoms with Gasteiger partial charge in [0.15, 0.2) is 4.80 Å². The quantitative estimate of drug-likeness (QED) is 0.605. The molecule has 0 unspecified atom stereocenters. The lowest BCUT2D eigenvalue weighted by atomic mass is 10.0. The van der Waals surface area contributed by atoms with Gasteiger partial charge in [0.05, 0.1) is 22.4 Å². The average molecular weight is 425 g/mol. The van der Waals surface area contributed by atoms with Gasteiger partial charge in [0.25, 0.3) is 5.56 Å². The molecule has 1 aliphatic heterocycles. The standard InChI is InChI=1S/C22H20N2O3S2/c1-4-27-21(26)18-14(3)23-22-24(19(18)16-6-5-11-28-16)20(25)17(29-22)12-15-9-7-13(2)8-10-15/h5-12,19H,4H2,1-3H3/b17-12-/t19-/m1/s1. The summed E-state index contributed by atoms with van der Waals surface area (Å²) >= 11 is 2.85. The lowest BCUT2D eigenvalue weighted by Gasteiger charge is -2.23. The number of carbonyl (C=O) groups is 1. The van der Waals surface area contributed by atoms with Crippen molar-refractivity contribution < 1.29 is 9.53 Å². The van der Waals surface area contributed by atoms with Gasteiger partial charge in [-0.05, 0) is 43.9 Å². The second kappa shape index (κ2) is 7.93. The third kappa shape index (κ3) is 3.63. The number of rotatable bonds is 4. The first-order valence-corrected chi connectivity index (χ1v) is 11.0. The van der Waals surface area contributed by atoms with Crippen LogP contribution in [0.2, 0.25) is 0 Å². The number of aryl methyl sites for hydroxylation is 1. The molecule has 0 spiro atoms. The van der Waals surface area contributed by atoms with Crippen LogP contribution in [0.3, 0.4) is 0 Å². The number of thiophene rings is 1. The Hall–Kier alpha value is -2.77. The van der Waals surface area contributed by atoms with Gasteiger partial charge in [0, 0.05) is 4.88 Å². The summed E-state index contributed by atoms with van der Waals surface area (Å²) in [6.45, 7) is 5.86. The Labute approximate surface area is 175 Å². The van der Waals surface area contributed by atoms with Crippen molar-refractivity contribution in [2.24, 2.45) is 4.99 Å². The summed E-state index contributed by atoms with van der Waals surface area (Å²) < 4.78 is 7.49. The molecule has 0 fully saturated rings. The molecule has 1 atom stereocenters. The molecule has 7 heteroatoms. The number of esters is 1. The Balaban J connectivity index is 1.93. The molecule has 3 heterocycles. The number of ether oxygens (including phenoxy) is 1. The van der Waals surface area contributed by atoms with E-state index in [-0.39, 0.29) is 12.2 Å². The average Bonchev–Trinajstić information content (AvgIpc) is 3.32. The van der Waals surface area contributed by atoms with E-state index in [0.717, 1.165) is 16.0 Å². The molecule has 5 nitrogen and oxygen atoms in total. The van der Waals surface area contributed by atoms with Crippen molar-refractivity contribution in [1.82, 2.24) is 4.57 Å². The molecule has 1 aliphatic rings. The summed E-state index contributed by atoms with van der Waals surface area (Å²) in [5.41, 5.74) is 2.97. The van der Waals surface area contributed by atoms with Crippen molar-refractivity contribution in [1.29, 1.82) is 0 Å². The second-order valence-corrected chi connectivity index (χ2v) is 8.72. The number of benzene rings is 1. The molecule has 0 amide bonds. The number of hydrogen-bond donors (Lipinski definition) is 0. The number of aromatic nitrogens is 1. The summed E-state index contributed by atoms with van der Waals surface area (Å²) in [6, 6.07) is 11.3. The van der Waals surface area contributed by atoms with Crippen LogP contribution in [0, 0.1) is 6.92 Å². The van der Waals surface area contributed by atoms with Crippen LogP contribution in [-0.4, -0.2) is 17.1 Å². The molecule has 0 saturated carbocycles. The molecule has 0 radical (unpaired) electrons. The van der Waals surface area contributed by atoms with Crippen molar-refractivity contribution >= 4 is 34.7 Å². The van der Waals surface area contributed by atoms with E-state index < -0.39 is 12.0 Å². The van der Waals surface area contributed by atoms with E-state index in [2.05, 4.69) is 4.99 Å². The van der Waals surface area contributed by atoms with Gasteiger partial charge >= 0.3 is 5.97 Å². The van der Waals surface area contributed by atoms with E-state index in [4.69, 9.17) is 4.74 Å². The summed E-state index contributed by atoms with van der Waals surface area (Å²) in [7, 11) is 0. The number of hydrogen-bond acceptors (Lipinski definition) is 6. The van der Waals surface area contributed by atoms with Crippen molar-refractivity contribution in [3.63, 3.8) is 0 Å². The summed E-state index contributed by atoms with van der Waals surface area (Å²) in [5.74, 6) is -0.431. The summed E-state index contributed by atoms with van der Waals surface area (Å²) in [6.07, 6.45) is 1.87. The molecule has 0 aliphatic carbocycles. The van der Waals surface area contributed by atoms with Gasteiger partial charge in [-0.2, -0.15) is 0 Å². The maximum Gasteiger partial charge on any atom is 0.338 e. The Kier molecular flexibility index (Phi) is 5.34. The Morgan fingerprint density at radius 3 is 2.66 bits per heavy atom. The SMILES string of the molecule is CCOC(=O)C1=C(C)N=c2s/c(=C\c3ccc(C)cc3)c(=O)n2[C@@H]1c1cccs1. The van der Waals surface area contributed by atoms with Crippen LogP contribution in [0.1, 0.15) is 35.9 Å². The number of thiazole rings is 1. The minimum atomic E-state index is -0.523. The van der Waals surface area contributed by atoms with Crippen molar-refractivity contribution in [2.75, 3.05) is 6.61 Å². The summed E-state index contributed by atoms with van der Waals surface area (Å²) in [5, 5.41) is 1.94. The van der Waals surface area contributed by atoms with E-state index in [1.165, 1.54) is 22.7 Å². The first kappa shape index (κ1) is 19.5. The van der Waals surface area contributed by atoms with E-state index in [1.807, 2.05) is 54.8 Å². The number of fused-ring (bicyclic) bond motifs is 1. The Morgan fingerprint density at radius 1 is 1.24 bits per heavy atom. The highest BCUT2D eigenvalue weighted by molar-refractivity contribution is 7.10. The van der Waals surface area contributed by atoms with E-state index in [0.29, 0.717) is 20.6 Å². The maximum atomic E-state index is 13.3. The molecule has 0 N–H and O–H groups in total. The van der Waals surface area contributed by atoms with E-state index in [9.17, 15) is 9.59 Å². The van der Waals surface area contributed by atoms with Crippen LogP contribution in [0.25, 0.3) is 6.08 Å². The molecule has 0 saturated heterocycles. The van der Waals surface area contributed by atoms with Crippen LogP contribution in [0.4, 0.5) is 0 Å². The molecule has 4 rings (SSSR count). The normalized spacial score (nSPS) is 16.5. The van der Waals surface area contributed by atoms with Crippen LogP contribution >= 0.6 is 22.7 Å². The van der Waals surface area contributed by atoms with Crippen LogP contribution in [-0.2, 0) is 9.53 Å². The summed E-state index contributed by atoms with van der Waals surface area (Å²) in [4.78, 5) is 32.1. The van der Waals surface area contributed by atoms with Crippen molar-refractivity contribution in [3.8, 4) is 0 Å². The van der Waals surface area contributed by atoms with Gasteiger partial charge in [-0.1, -0.05) is 47.2 Å². The Bertz CT molecular complexity index is 1260. The topological polar surface area (TPSA) is 60.7 Å².